The maximum Gasteiger partial charge on any atom is 0.220 e. The number of aliphatic hydroxyl groups is 1. The number of benzene rings is 2. The first-order chi connectivity index (χ1) is 12.6. The van der Waals surface area contributed by atoms with Crippen LogP contribution in [0.4, 0.5) is 0 Å². The van der Waals surface area contributed by atoms with Crippen LogP contribution in [0.1, 0.15) is 30.1 Å². The van der Waals surface area contributed by atoms with Crippen molar-refractivity contribution in [1.82, 2.24) is 5.32 Å². The minimum Gasteiger partial charge on any atom is -0.497 e. The Morgan fingerprint density at radius 2 is 1.77 bits per heavy atom. The van der Waals surface area contributed by atoms with Crippen LogP contribution in [-0.2, 0) is 11.3 Å². The number of amides is 1. The number of methoxy groups -OCH3 is 3. The third-order valence-electron chi connectivity index (χ3n) is 4.11. The van der Waals surface area contributed by atoms with E-state index in [1.165, 1.54) is 7.11 Å². The summed E-state index contributed by atoms with van der Waals surface area (Å²) in [6.07, 6.45) is -0.306. The fourth-order valence-electron chi connectivity index (χ4n) is 2.65. The fourth-order valence-corrected chi connectivity index (χ4v) is 2.65. The van der Waals surface area contributed by atoms with Gasteiger partial charge in [-0.05, 0) is 24.6 Å². The van der Waals surface area contributed by atoms with Gasteiger partial charge in [-0.3, -0.25) is 4.79 Å². The zero-order valence-corrected chi connectivity index (χ0v) is 15.3. The molecule has 0 aromatic heterocycles. The summed E-state index contributed by atoms with van der Waals surface area (Å²) in [5, 5.41) is 13.2. The van der Waals surface area contributed by atoms with Crippen LogP contribution in [0.25, 0.3) is 0 Å². The van der Waals surface area contributed by atoms with Gasteiger partial charge in [0.15, 0.2) is 0 Å². The molecule has 0 aliphatic heterocycles. The summed E-state index contributed by atoms with van der Waals surface area (Å²) in [4.78, 5) is 12.1. The smallest absolute Gasteiger partial charge is 0.220 e. The minimum atomic E-state index is -0.798. The van der Waals surface area contributed by atoms with Gasteiger partial charge in [0.2, 0.25) is 5.91 Å². The number of nitrogens with one attached hydrogen (secondary N) is 1. The second-order valence-electron chi connectivity index (χ2n) is 5.75. The Morgan fingerprint density at radius 3 is 2.46 bits per heavy atom. The van der Waals surface area contributed by atoms with Crippen molar-refractivity contribution in [2.75, 3.05) is 21.3 Å². The van der Waals surface area contributed by atoms with Gasteiger partial charge < -0.3 is 24.6 Å². The van der Waals surface area contributed by atoms with Crippen molar-refractivity contribution in [3.8, 4) is 17.2 Å². The van der Waals surface area contributed by atoms with E-state index in [0.29, 0.717) is 30.0 Å². The monoisotopic (exact) mass is 359 g/mol. The van der Waals surface area contributed by atoms with Gasteiger partial charge in [-0.25, -0.2) is 0 Å². The maximum absolute atomic E-state index is 12.1. The average molecular weight is 359 g/mol. The highest BCUT2D eigenvalue weighted by Crippen LogP contribution is 2.31. The number of carbonyl (C=O) groups excluding carboxylic acids is 1. The first kappa shape index (κ1) is 19.6. The van der Waals surface area contributed by atoms with Crippen molar-refractivity contribution in [3.05, 3.63) is 53.6 Å². The Balaban J connectivity index is 1.89. The molecule has 0 spiro atoms. The molecule has 2 aromatic rings. The molecule has 0 heterocycles. The number of hydrogen-bond acceptors (Lipinski definition) is 5. The predicted molar refractivity (Wildman–Crippen MR) is 98.6 cm³/mol. The van der Waals surface area contributed by atoms with E-state index in [-0.39, 0.29) is 12.3 Å². The topological polar surface area (TPSA) is 77.0 Å². The molecule has 0 aliphatic carbocycles. The molecule has 2 rings (SSSR count). The molecule has 0 fully saturated rings. The van der Waals surface area contributed by atoms with Crippen LogP contribution in [-0.4, -0.2) is 32.3 Å². The Labute approximate surface area is 153 Å². The van der Waals surface area contributed by atoms with Crippen LogP contribution < -0.4 is 19.5 Å². The molecule has 140 valence electrons. The highest BCUT2D eigenvalue weighted by molar-refractivity contribution is 5.76. The van der Waals surface area contributed by atoms with Gasteiger partial charge in [0.25, 0.3) is 0 Å². The SMILES string of the molecule is COc1ccc(C(O)CCC(=O)NCc2ccccc2OC)c(OC)c1. The number of ether oxygens (including phenoxy) is 3. The zero-order valence-electron chi connectivity index (χ0n) is 15.3. The molecule has 26 heavy (non-hydrogen) atoms. The van der Waals surface area contributed by atoms with Crippen molar-refractivity contribution in [1.29, 1.82) is 0 Å². The second-order valence-corrected chi connectivity index (χ2v) is 5.75. The number of para-hydroxylation sites is 1. The van der Waals surface area contributed by atoms with Crippen LogP contribution in [0, 0.1) is 0 Å². The molecule has 1 amide bonds. The number of aliphatic hydroxyl groups excluding tert-OH is 1. The lowest BCUT2D eigenvalue weighted by Crippen LogP contribution is -2.23. The van der Waals surface area contributed by atoms with Gasteiger partial charge >= 0.3 is 0 Å². The Morgan fingerprint density at radius 1 is 1.04 bits per heavy atom. The standard InChI is InChI=1S/C20H25NO5/c1-24-15-8-9-16(19(12-15)26-3)17(22)10-11-20(23)21-13-14-6-4-5-7-18(14)25-2/h4-9,12,17,22H,10-11,13H2,1-3H3,(H,21,23). The quantitative estimate of drug-likeness (QED) is 0.720. The number of rotatable bonds is 9. The lowest BCUT2D eigenvalue weighted by molar-refractivity contribution is -0.121. The highest BCUT2D eigenvalue weighted by Gasteiger charge is 2.16. The lowest BCUT2D eigenvalue weighted by Gasteiger charge is -2.16. The van der Waals surface area contributed by atoms with Gasteiger partial charge in [-0.2, -0.15) is 0 Å². The van der Waals surface area contributed by atoms with Crippen LogP contribution in [0.5, 0.6) is 17.2 Å². The van der Waals surface area contributed by atoms with Crippen LogP contribution in [0.2, 0.25) is 0 Å². The third-order valence-corrected chi connectivity index (χ3v) is 4.11. The summed E-state index contributed by atoms with van der Waals surface area (Å²) in [5.41, 5.74) is 1.53. The molecule has 6 nitrogen and oxygen atoms in total. The third kappa shape index (κ3) is 5.13. The second kappa shape index (κ2) is 9.68. The summed E-state index contributed by atoms with van der Waals surface area (Å²) in [7, 11) is 4.70. The van der Waals surface area contributed by atoms with Crippen molar-refractivity contribution in [2.45, 2.75) is 25.5 Å². The van der Waals surface area contributed by atoms with Crippen LogP contribution >= 0.6 is 0 Å². The van der Waals surface area contributed by atoms with Gasteiger partial charge in [0.05, 0.1) is 27.4 Å². The van der Waals surface area contributed by atoms with E-state index in [1.807, 2.05) is 24.3 Å². The zero-order chi connectivity index (χ0) is 18.9. The van der Waals surface area contributed by atoms with Crippen molar-refractivity contribution >= 4 is 5.91 Å². The number of hydrogen-bond donors (Lipinski definition) is 2. The molecule has 0 bridgehead atoms. The molecule has 0 saturated heterocycles. The van der Waals surface area contributed by atoms with Gasteiger partial charge in [-0.1, -0.05) is 18.2 Å². The van der Waals surface area contributed by atoms with Crippen LogP contribution in [0.15, 0.2) is 42.5 Å². The molecule has 0 radical (unpaired) electrons. The molecular formula is C20H25NO5. The minimum absolute atomic E-state index is 0.137. The lowest BCUT2D eigenvalue weighted by atomic mass is 10.0. The molecule has 1 atom stereocenters. The van der Waals surface area contributed by atoms with E-state index in [9.17, 15) is 9.90 Å². The van der Waals surface area contributed by atoms with E-state index >= 15 is 0 Å². The molecule has 0 aliphatic rings. The average Bonchev–Trinajstić information content (AvgIpc) is 2.69. The highest BCUT2D eigenvalue weighted by atomic mass is 16.5. The van der Waals surface area contributed by atoms with E-state index in [0.717, 1.165) is 11.3 Å². The molecule has 1 unspecified atom stereocenters. The van der Waals surface area contributed by atoms with Crippen molar-refractivity contribution in [3.63, 3.8) is 0 Å². The summed E-state index contributed by atoms with van der Waals surface area (Å²) >= 11 is 0. The van der Waals surface area contributed by atoms with E-state index in [2.05, 4.69) is 5.32 Å². The summed E-state index contributed by atoms with van der Waals surface area (Å²) in [5.74, 6) is 1.77. The Kier molecular flexibility index (Phi) is 7.29. The van der Waals surface area contributed by atoms with E-state index < -0.39 is 6.10 Å². The maximum atomic E-state index is 12.1. The molecule has 2 N–H and O–H groups in total. The van der Waals surface area contributed by atoms with Crippen molar-refractivity contribution < 1.29 is 24.1 Å². The predicted octanol–water partition coefficient (Wildman–Crippen LogP) is 2.84. The van der Waals surface area contributed by atoms with Gasteiger partial charge in [-0.15, -0.1) is 0 Å². The summed E-state index contributed by atoms with van der Waals surface area (Å²) < 4.78 is 15.7. The molecular weight excluding hydrogens is 334 g/mol. The molecule has 0 saturated carbocycles. The van der Waals surface area contributed by atoms with Crippen LogP contribution in [0.3, 0.4) is 0 Å². The molecule has 6 heteroatoms. The van der Waals surface area contributed by atoms with Gasteiger partial charge in [0.1, 0.15) is 17.2 Å². The Bertz CT molecular complexity index is 732. The van der Waals surface area contributed by atoms with Crippen molar-refractivity contribution in [2.24, 2.45) is 0 Å². The van der Waals surface area contributed by atoms with E-state index in [4.69, 9.17) is 14.2 Å². The molecule has 2 aromatic carbocycles. The van der Waals surface area contributed by atoms with E-state index in [1.54, 1.807) is 32.4 Å². The first-order valence-electron chi connectivity index (χ1n) is 8.37. The largest absolute Gasteiger partial charge is 0.497 e. The normalized spacial score (nSPS) is 11.5. The Hall–Kier alpha value is -2.73. The van der Waals surface area contributed by atoms with Gasteiger partial charge in [0, 0.05) is 30.2 Å². The fraction of sp³-hybridized carbons (Fsp3) is 0.350. The number of carbonyl (C=O) groups is 1. The summed E-state index contributed by atoms with van der Waals surface area (Å²) in [6, 6.07) is 12.7. The summed E-state index contributed by atoms with van der Waals surface area (Å²) in [6.45, 7) is 0.380. The first-order valence-corrected chi connectivity index (χ1v) is 8.37.